The Kier molecular flexibility index (Phi) is 6.27. The molecule has 2 heterocycles. The highest BCUT2D eigenvalue weighted by molar-refractivity contribution is 8.00. The van der Waals surface area contributed by atoms with Gasteiger partial charge in [0.05, 0.1) is 10.2 Å². The summed E-state index contributed by atoms with van der Waals surface area (Å²) in [6.45, 7) is 3.51. The van der Waals surface area contributed by atoms with Crippen molar-refractivity contribution in [2.24, 2.45) is 5.92 Å². The van der Waals surface area contributed by atoms with E-state index in [2.05, 4.69) is 28.4 Å². The van der Waals surface area contributed by atoms with Crippen molar-refractivity contribution in [2.45, 2.75) is 23.6 Å². The van der Waals surface area contributed by atoms with Crippen LogP contribution in [0.25, 0.3) is 10.2 Å². The van der Waals surface area contributed by atoms with E-state index in [0.717, 1.165) is 22.2 Å². The summed E-state index contributed by atoms with van der Waals surface area (Å²) in [6.07, 6.45) is 3.70. The van der Waals surface area contributed by atoms with E-state index in [4.69, 9.17) is 0 Å². The first-order valence-electron chi connectivity index (χ1n) is 9.50. The van der Waals surface area contributed by atoms with Crippen molar-refractivity contribution < 1.29 is 4.79 Å². The average Bonchev–Trinajstić information content (AvgIpc) is 3.40. The third-order valence-electron chi connectivity index (χ3n) is 4.52. The molecule has 0 aliphatic carbocycles. The van der Waals surface area contributed by atoms with Gasteiger partial charge in [0.2, 0.25) is 0 Å². The molecule has 0 aliphatic rings. The summed E-state index contributed by atoms with van der Waals surface area (Å²) in [4.78, 5) is 17.0. The van der Waals surface area contributed by atoms with E-state index in [-0.39, 0.29) is 5.91 Å². The molecule has 4 rings (SSSR count). The first-order valence-corrected chi connectivity index (χ1v) is 11.3. The molecule has 0 radical (unpaired) electrons. The molecule has 7 heteroatoms. The number of nitrogens with one attached hydrogen (secondary N) is 1. The van der Waals surface area contributed by atoms with Crippen LogP contribution in [0.4, 0.5) is 0 Å². The Morgan fingerprint density at radius 2 is 2.00 bits per heavy atom. The Morgan fingerprint density at radius 1 is 1.17 bits per heavy atom. The zero-order valence-electron chi connectivity index (χ0n) is 16.1. The molecule has 0 bridgehead atoms. The summed E-state index contributed by atoms with van der Waals surface area (Å²) in [6, 6.07) is 17.9. The molecule has 29 heavy (non-hydrogen) atoms. The number of thiazole rings is 1. The van der Waals surface area contributed by atoms with E-state index in [1.54, 1.807) is 29.3 Å². The molecule has 1 N–H and O–H groups in total. The number of amides is 1. The number of fused-ring (bicyclic) bond motifs is 1. The number of hydrogen-bond donors (Lipinski definition) is 1. The molecule has 4 aromatic rings. The van der Waals surface area contributed by atoms with Gasteiger partial charge in [0.15, 0.2) is 4.34 Å². The van der Waals surface area contributed by atoms with E-state index >= 15 is 0 Å². The standard InChI is InChI=1S/C22H22N4OS2/c1-16(14-26-12-4-11-24-26)13-23-21(27)18-9-7-17(8-10-18)15-28-22-25-19-5-2-3-6-20(19)29-22/h2-12,16H,13-15H2,1H3,(H,23,27). The van der Waals surface area contributed by atoms with Gasteiger partial charge in [0.25, 0.3) is 5.91 Å². The average molecular weight is 423 g/mol. The van der Waals surface area contributed by atoms with Gasteiger partial charge >= 0.3 is 0 Å². The van der Waals surface area contributed by atoms with Crippen LogP contribution in [-0.4, -0.2) is 27.2 Å². The van der Waals surface area contributed by atoms with Crippen molar-refractivity contribution in [1.29, 1.82) is 0 Å². The summed E-state index contributed by atoms with van der Waals surface area (Å²) in [5, 5.41) is 7.21. The number of rotatable bonds is 8. The van der Waals surface area contributed by atoms with Gasteiger partial charge in [0, 0.05) is 36.8 Å². The monoisotopic (exact) mass is 422 g/mol. The van der Waals surface area contributed by atoms with Crippen molar-refractivity contribution in [3.05, 3.63) is 78.1 Å². The lowest BCUT2D eigenvalue weighted by atomic mass is 10.1. The number of thioether (sulfide) groups is 1. The van der Waals surface area contributed by atoms with Gasteiger partial charge in [-0.1, -0.05) is 43.0 Å². The van der Waals surface area contributed by atoms with Crippen LogP contribution in [0.3, 0.4) is 0 Å². The van der Waals surface area contributed by atoms with Gasteiger partial charge in [-0.2, -0.15) is 5.10 Å². The number of benzene rings is 2. The maximum atomic E-state index is 12.4. The molecule has 148 valence electrons. The molecule has 2 aromatic heterocycles. The second kappa shape index (κ2) is 9.24. The summed E-state index contributed by atoms with van der Waals surface area (Å²) in [7, 11) is 0. The van der Waals surface area contributed by atoms with E-state index in [1.807, 2.05) is 59.4 Å². The van der Waals surface area contributed by atoms with Gasteiger partial charge < -0.3 is 5.32 Å². The number of carbonyl (C=O) groups excluding carboxylic acids is 1. The van der Waals surface area contributed by atoms with Crippen LogP contribution in [0.15, 0.2) is 71.3 Å². The largest absolute Gasteiger partial charge is 0.352 e. The molecule has 5 nitrogen and oxygen atoms in total. The van der Waals surface area contributed by atoms with Crippen LogP contribution in [0.5, 0.6) is 0 Å². The number of aromatic nitrogens is 3. The lowest BCUT2D eigenvalue weighted by Crippen LogP contribution is -2.30. The fourth-order valence-corrected chi connectivity index (χ4v) is 5.00. The topological polar surface area (TPSA) is 59.8 Å². The minimum absolute atomic E-state index is 0.0392. The molecule has 0 fully saturated rings. The zero-order valence-corrected chi connectivity index (χ0v) is 17.7. The molecule has 1 amide bonds. The van der Waals surface area contributed by atoms with Crippen LogP contribution >= 0.6 is 23.1 Å². The minimum atomic E-state index is -0.0392. The number of hydrogen-bond acceptors (Lipinski definition) is 5. The lowest BCUT2D eigenvalue weighted by Gasteiger charge is -2.13. The van der Waals surface area contributed by atoms with Crippen LogP contribution in [0.2, 0.25) is 0 Å². The van der Waals surface area contributed by atoms with E-state index in [1.165, 1.54) is 10.3 Å². The number of para-hydroxylation sites is 1. The Hall–Kier alpha value is -2.64. The molecule has 0 saturated heterocycles. The van der Waals surface area contributed by atoms with Gasteiger partial charge in [-0.15, -0.1) is 11.3 Å². The van der Waals surface area contributed by atoms with Crippen molar-refractivity contribution in [1.82, 2.24) is 20.1 Å². The van der Waals surface area contributed by atoms with Crippen molar-refractivity contribution in [2.75, 3.05) is 6.54 Å². The highest BCUT2D eigenvalue weighted by atomic mass is 32.2. The number of nitrogens with zero attached hydrogens (tertiary/aromatic N) is 3. The molecular formula is C22H22N4OS2. The molecule has 1 atom stereocenters. The van der Waals surface area contributed by atoms with Crippen molar-refractivity contribution in [3.8, 4) is 0 Å². The first-order chi connectivity index (χ1) is 14.2. The van der Waals surface area contributed by atoms with Gasteiger partial charge in [-0.25, -0.2) is 4.98 Å². The zero-order chi connectivity index (χ0) is 20.1. The molecule has 0 spiro atoms. The second-order valence-corrected chi connectivity index (χ2v) is 9.23. The summed E-state index contributed by atoms with van der Waals surface area (Å²) in [5.41, 5.74) is 2.91. The minimum Gasteiger partial charge on any atom is -0.352 e. The quantitative estimate of drug-likeness (QED) is 0.412. The first kappa shape index (κ1) is 19.7. The third kappa shape index (κ3) is 5.25. The molecular weight excluding hydrogens is 400 g/mol. The molecule has 0 saturated carbocycles. The smallest absolute Gasteiger partial charge is 0.251 e. The Bertz CT molecular complexity index is 1040. The lowest BCUT2D eigenvalue weighted by molar-refractivity contribution is 0.0946. The molecule has 2 aromatic carbocycles. The highest BCUT2D eigenvalue weighted by Gasteiger charge is 2.09. The summed E-state index contributed by atoms with van der Waals surface area (Å²) < 4.78 is 4.16. The Morgan fingerprint density at radius 3 is 2.76 bits per heavy atom. The van der Waals surface area contributed by atoms with E-state index < -0.39 is 0 Å². The third-order valence-corrected chi connectivity index (χ3v) is 6.77. The maximum Gasteiger partial charge on any atom is 0.251 e. The predicted molar refractivity (Wildman–Crippen MR) is 119 cm³/mol. The van der Waals surface area contributed by atoms with Crippen LogP contribution in [0, 0.1) is 5.92 Å². The van der Waals surface area contributed by atoms with Crippen LogP contribution in [0.1, 0.15) is 22.8 Å². The fourth-order valence-electron chi connectivity index (χ4n) is 2.97. The van der Waals surface area contributed by atoms with Gasteiger partial charge in [-0.05, 0) is 41.8 Å². The van der Waals surface area contributed by atoms with E-state index in [9.17, 15) is 4.79 Å². The maximum absolute atomic E-state index is 12.4. The molecule has 1 unspecified atom stereocenters. The molecule has 0 aliphatic heterocycles. The fraction of sp³-hybridized carbons (Fsp3) is 0.227. The Balaban J connectivity index is 1.27. The predicted octanol–water partition coefficient (Wildman–Crippen LogP) is 4.85. The van der Waals surface area contributed by atoms with Gasteiger partial charge in [0.1, 0.15) is 0 Å². The second-order valence-electron chi connectivity index (χ2n) is 6.98. The highest BCUT2D eigenvalue weighted by Crippen LogP contribution is 2.31. The van der Waals surface area contributed by atoms with Crippen molar-refractivity contribution in [3.63, 3.8) is 0 Å². The summed E-state index contributed by atoms with van der Waals surface area (Å²) in [5.74, 6) is 1.11. The Labute approximate surface area is 178 Å². The normalized spacial score (nSPS) is 12.2. The van der Waals surface area contributed by atoms with Crippen molar-refractivity contribution >= 4 is 39.2 Å². The SMILES string of the molecule is CC(CNC(=O)c1ccc(CSc2nc3ccccc3s2)cc1)Cn1cccn1. The van der Waals surface area contributed by atoms with E-state index in [0.29, 0.717) is 18.0 Å². The van der Waals surface area contributed by atoms with Gasteiger partial charge in [-0.3, -0.25) is 9.48 Å². The van der Waals surface area contributed by atoms with Crippen LogP contribution < -0.4 is 5.32 Å². The van der Waals surface area contributed by atoms with Crippen LogP contribution in [-0.2, 0) is 12.3 Å². The summed E-state index contributed by atoms with van der Waals surface area (Å²) >= 11 is 3.44. The number of carbonyl (C=O) groups is 1.